The predicted octanol–water partition coefficient (Wildman–Crippen LogP) is 4.95. The first-order valence-corrected chi connectivity index (χ1v) is 12.1. The summed E-state index contributed by atoms with van der Waals surface area (Å²) in [5, 5.41) is 0. The number of rotatable bonds is 8. The molecule has 4 rings (SSSR count). The SMILES string of the molecule is O=C(OCc1ccccc1)C1(NS(=O)(=O)c2ccc(Oc3ccc(F)cc3)cc2)CCCC1. The van der Waals surface area contributed by atoms with Crippen molar-refractivity contribution in [3.63, 3.8) is 0 Å². The van der Waals surface area contributed by atoms with Crippen LogP contribution in [0.25, 0.3) is 0 Å². The van der Waals surface area contributed by atoms with Gasteiger partial charge in [-0.15, -0.1) is 0 Å². The molecule has 1 aliphatic carbocycles. The van der Waals surface area contributed by atoms with Crippen LogP contribution < -0.4 is 9.46 Å². The van der Waals surface area contributed by atoms with Crippen LogP contribution in [0.4, 0.5) is 4.39 Å². The lowest BCUT2D eigenvalue weighted by molar-refractivity contribution is -0.152. The number of carbonyl (C=O) groups excluding carboxylic acids is 1. The monoisotopic (exact) mass is 469 g/mol. The topological polar surface area (TPSA) is 81.7 Å². The zero-order valence-electron chi connectivity index (χ0n) is 17.9. The third-order valence-corrected chi connectivity index (χ3v) is 7.13. The number of ether oxygens (including phenoxy) is 2. The van der Waals surface area contributed by atoms with E-state index < -0.39 is 21.5 Å². The molecule has 0 saturated heterocycles. The fraction of sp³-hybridized carbons (Fsp3) is 0.240. The fourth-order valence-electron chi connectivity index (χ4n) is 3.83. The Hall–Kier alpha value is -3.23. The second-order valence-electron chi connectivity index (χ2n) is 7.98. The molecular formula is C25H24FNO5S. The lowest BCUT2D eigenvalue weighted by Gasteiger charge is -2.27. The molecule has 1 aliphatic rings. The summed E-state index contributed by atoms with van der Waals surface area (Å²) >= 11 is 0. The highest BCUT2D eigenvalue weighted by atomic mass is 32.2. The Morgan fingerprint density at radius 2 is 1.45 bits per heavy atom. The van der Waals surface area contributed by atoms with Crippen LogP contribution in [0, 0.1) is 5.82 Å². The molecular weight excluding hydrogens is 445 g/mol. The second-order valence-corrected chi connectivity index (χ2v) is 9.67. The van der Waals surface area contributed by atoms with Crippen molar-refractivity contribution in [3.8, 4) is 11.5 Å². The molecule has 3 aromatic rings. The molecule has 1 N–H and O–H groups in total. The third-order valence-electron chi connectivity index (χ3n) is 5.57. The van der Waals surface area contributed by atoms with E-state index >= 15 is 0 Å². The number of hydrogen-bond acceptors (Lipinski definition) is 5. The van der Waals surface area contributed by atoms with E-state index in [4.69, 9.17) is 9.47 Å². The van der Waals surface area contributed by atoms with Crippen molar-refractivity contribution in [2.24, 2.45) is 0 Å². The maximum atomic E-state index is 13.1. The summed E-state index contributed by atoms with van der Waals surface area (Å²) in [4.78, 5) is 12.9. The van der Waals surface area contributed by atoms with Crippen LogP contribution in [0.1, 0.15) is 31.2 Å². The van der Waals surface area contributed by atoms with E-state index in [0.29, 0.717) is 24.3 Å². The molecule has 0 amide bonds. The molecule has 0 bridgehead atoms. The van der Waals surface area contributed by atoms with Crippen LogP contribution >= 0.6 is 0 Å². The van der Waals surface area contributed by atoms with E-state index in [1.807, 2.05) is 30.3 Å². The summed E-state index contributed by atoms with van der Waals surface area (Å²) < 4.78 is 52.9. The average Bonchev–Trinajstić information content (AvgIpc) is 3.29. The van der Waals surface area contributed by atoms with Crippen molar-refractivity contribution >= 4 is 16.0 Å². The van der Waals surface area contributed by atoms with E-state index in [-0.39, 0.29) is 17.3 Å². The van der Waals surface area contributed by atoms with Gasteiger partial charge in [0, 0.05) is 0 Å². The summed E-state index contributed by atoms with van der Waals surface area (Å²) in [6.07, 6.45) is 2.22. The Morgan fingerprint density at radius 3 is 2.06 bits per heavy atom. The first-order chi connectivity index (χ1) is 15.9. The molecule has 0 aromatic heterocycles. The van der Waals surface area contributed by atoms with Gasteiger partial charge in [0.05, 0.1) is 4.90 Å². The smallest absolute Gasteiger partial charge is 0.327 e. The minimum Gasteiger partial charge on any atom is -0.459 e. The first kappa shape index (κ1) is 22.9. The van der Waals surface area contributed by atoms with Gasteiger partial charge in [0.25, 0.3) is 0 Å². The van der Waals surface area contributed by atoms with Gasteiger partial charge in [-0.3, -0.25) is 4.79 Å². The second kappa shape index (κ2) is 9.72. The van der Waals surface area contributed by atoms with Gasteiger partial charge in [-0.25, -0.2) is 12.8 Å². The largest absolute Gasteiger partial charge is 0.459 e. The van der Waals surface area contributed by atoms with Crippen LogP contribution in [0.15, 0.2) is 83.8 Å². The fourth-order valence-corrected chi connectivity index (χ4v) is 5.24. The van der Waals surface area contributed by atoms with Gasteiger partial charge in [0.15, 0.2) is 0 Å². The summed E-state index contributed by atoms with van der Waals surface area (Å²) in [5.74, 6) is -0.115. The van der Waals surface area contributed by atoms with Gasteiger partial charge in [0.1, 0.15) is 29.5 Å². The first-order valence-electron chi connectivity index (χ1n) is 10.6. The molecule has 0 aliphatic heterocycles. The van der Waals surface area contributed by atoms with E-state index in [1.165, 1.54) is 48.5 Å². The van der Waals surface area contributed by atoms with Crippen molar-refractivity contribution in [1.29, 1.82) is 0 Å². The minimum absolute atomic E-state index is 0.0103. The highest BCUT2D eigenvalue weighted by Crippen LogP contribution is 2.33. The number of esters is 1. The zero-order valence-corrected chi connectivity index (χ0v) is 18.7. The van der Waals surface area contributed by atoms with Gasteiger partial charge in [0.2, 0.25) is 10.0 Å². The van der Waals surface area contributed by atoms with Gasteiger partial charge in [-0.2, -0.15) is 4.72 Å². The van der Waals surface area contributed by atoms with Gasteiger partial charge in [-0.1, -0.05) is 43.2 Å². The lowest BCUT2D eigenvalue weighted by atomic mass is 10.00. The van der Waals surface area contributed by atoms with Crippen molar-refractivity contribution in [2.45, 2.75) is 42.7 Å². The highest BCUT2D eigenvalue weighted by molar-refractivity contribution is 7.89. The number of benzene rings is 3. The molecule has 3 aromatic carbocycles. The Morgan fingerprint density at radius 1 is 0.879 bits per heavy atom. The van der Waals surface area contributed by atoms with Crippen molar-refractivity contribution in [1.82, 2.24) is 4.72 Å². The molecule has 8 heteroatoms. The number of hydrogen-bond donors (Lipinski definition) is 1. The van der Waals surface area contributed by atoms with Crippen molar-refractivity contribution < 1.29 is 27.1 Å². The molecule has 0 unspecified atom stereocenters. The van der Waals surface area contributed by atoms with Crippen LogP contribution in [0.5, 0.6) is 11.5 Å². The third kappa shape index (κ3) is 5.58. The molecule has 0 heterocycles. The summed E-state index contributed by atoms with van der Waals surface area (Å²) in [7, 11) is -3.98. The Labute approximate surface area is 192 Å². The molecule has 172 valence electrons. The van der Waals surface area contributed by atoms with Crippen LogP contribution in [-0.2, 0) is 26.2 Å². The summed E-state index contributed by atoms with van der Waals surface area (Å²) in [6, 6.07) is 20.6. The van der Waals surface area contributed by atoms with E-state index in [1.54, 1.807) is 0 Å². The molecule has 1 saturated carbocycles. The molecule has 33 heavy (non-hydrogen) atoms. The van der Waals surface area contributed by atoms with Crippen LogP contribution in [-0.4, -0.2) is 19.9 Å². The number of halogens is 1. The van der Waals surface area contributed by atoms with E-state index in [9.17, 15) is 17.6 Å². The average molecular weight is 470 g/mol. The highest BCUT2D eigenvalue weighted by Gasteiger charge is 2.46. The maximum Gasteiger partial charge on any atom is 0.327 e. The maximum absolute atomic E-state index is 13.1. The van der Waals surface area contributed by atoms with Crippen LogP contribution in [0.2, 0.25) is 0 Å². The van der Waals surface area contributed by atoms with Gasteiger partial charge < -0.3 is 9.47 Å². The Balaban J connectivity index is 1.46. The number of nitrogens with one attached hydrogen (secondary N) is 1. The number of carbonyl (C=O) groups is 1. The molecule has 0 spiro atoms. The standard InChI is InChI=1S/C25H24FNO5S/c26-20-8-10-21(11-9-20)32-22-12-14-23(15-13-22)33(29,30)27-25(16-4-5-17-25)24(28)31-18-19-6-2-1-3-7-19/h1-3,6-15,27H,4-5,16-18H2. The van der Waals surface area contributed by atoms with E-state index in [0.717, 1.165) is 18.4 Å². The Kier molecular flexibility index (Phi) is 6.76. The molecule has 0 atom stereocenters. The summed E-state index contributed by atoms with van der Waals surface area (Å²) in [6.45, 7) is 0.0819. The van der Waals surface area contributed by atoms with Gasteiger partial charge in [-0.05, 0) is 66.9 Å². The summed E-state index contributed by atoms with van der Waals surface area (Å²) in [5.41, 5.74) is -0.449. The van der Waals surface area contributed by atoms with Crippen molar-refractivity contribution in [3.05, 3.63) is 90.2 Å². The number of sulfonamides is 1. The predicted molar refractivity (Wildman–Crippen MR) is 121 cm³/mol. The minimum atomic E-state index is -3.98. The molecule has 0 radical (unpaired) electrons. The Bertz CT molecular complexity index is 1190. The lowest BCUT2D eigenvalue weighted by Crippen LogP contribution is -2.53. The van der Waals surface area contributed by atoms with Gasteiger partial charge >= 0.3 is 5.97 Å². The normalized spacial score (nSPS) is 15.2. The zero-order chi connectivity index (χ0) is 23.3. The molecule has 1 fully saturated rings. The van der Waals surface area contributed by atoms with Crippen molar-refractivity contribution in [2.75, 3.05) is 0 Å². The quantitative estimate of drug-likeness (QED) is 0.472. The van der Waals surface area contributed by atoms with Crippen LogP contribution in [0.3, 0.4) is 0 Å². The van der Waals surface area contributed by atoms with E-state index in [2.05, 4.69) is 4.72 Å². The molecule has 6 nitrogen and oxygen atoms in total.